The molecule has 1 rings (SSSR count). The van der Waals surface area contributed by atoms with Crippen LogP contribution in [-0.4, -0.2) is 16.8 Å². The molecule has 0 saturated heterocycles. The van der Waals surface area contributed by atoms with Gasteiger partial charge >= 0.3 is 5.51 Å². The van der Waals surface area contributed by atoms with Gasteiger partial charge in [0.2, 0.25) is 0 Å². The molecule has 1 aromatic carbocycles. The number of nitrogens with zero attached hydrogens (tertiary/aromatic N) is 2. The van der Waals surface area contributed by atoms with Gasteiger partial charge < -0.3 is 0 Å². The first-order valence-corrected chi connectivity index (χ1v) is 5.56. The zero-order chi connectivity index (χ0) is 12.4. The van der Waals surface area contributed by atoms with Crippen molar-refractivity contribution in [3.05, 3.63) is 35.7 Å². The molecule has 0 spiro atoms. The van der Waals surface area contributed by atoms with Crippen LogP contribution in [0.5, 0.6) is 0 Å². The van der Waals surface area contributed by atoms with Crippen LogP contribution >= 0.6 is 0 Å². The van der Waals surface area contributed by atoms with Crippen molar-refractivity contribution in [2.45, 2.75) is 10.4 Å². The number of rotatable bonds is 1. The quantitative estimate of drug-likeness (QED) is 0.702. The Morgan fingerprint density at radius 1 is 1.31 bits per heavy atom. The van der Waals surface area contributed by atoms with E-state index < -0.39 is 20.1 Å². The topological polar surface area (TPSA) is 33.8 Å². The summed E-state index contributed by atoms with van der Waals surface area (Å²) in [5.74, 6) is 0. The number of hydrogen-bond acceptors (Lipinski definition) is 2. The second-order valence-corrected chi connectivity index (χ2v) is 5.11. The van der Waals surface area contributed by atoms with Crippen molar-refractivity contribution in [1.29, 1.82) is 0 Å². The van der Waals surface area contributed by atoms with E-state index in [4.69, 9.17) is 6.57 Å². The van der Waals surface area contributed by atoms with Gasteiger partial charge in [-0.2, -0.15) is 13.2 Å². The molecule has 0 aromatic heterocycles. The molecular formula is C9H7F3N2OS. The molecule has 7 heteroatoms. The number of alkyl halides is 3. The van der Waals surface area contributed by atoms with Gasteiger partial charge in [-0.05, 0) is 0 Å². The van der Waals surface area contributed by atoms with E-state index in [1.165, 1.54) is 12.1 Å². The molecule has 3 nitrogen and oxygen atoms in total. The highest BCUT2D eigenvalue weighted by atomic mass is 32.2. The van der Waals surface area contributed by atoms with E-state index in [0.717, 1.165) is 19.2 Å². The predicted octanol–water partition coefficient (Wildman–Crippen LogP) is 3.21. The molecule has 0 N–H and O–H groups in total. The van der Waals surface area contributed by atoms with Crippen molar-refractivity contribution in [2.75, 3.05) is 7.05 Å². The highest BCUT2D eigenvalue weighted by Gasteiger charge is 2.43. The Labute approximate surface area is 90.9 Å². The maximum Gasteiger partial charge on any atom is 0.483 e. The van der Waals surface area contributed by atoms with Gasteiger partial charge in [-0.25, -0.2) is 13.4 Å². The standard InChI is InChI=1S/C9H7F3N2OS/c1-13-7-3-5-8(6-4-7)16(15,14-2)9(10,11)12/h3-6H,2H3. The first-order valence-electron chi connectivity index (χ1n) is 4.04. The number of halogens is 3. The fourth-order valence-corrected chi connectivity index (χ4v) is 2.24. The van der Waals surface area contributed by atoms with Crippen molar-refractivity contribution in [2.24, 2.45) is 4.36 Å². The molecule has 0 fully saturated rings. The summed E-state index contributed by atoms with van der Waals surface area (Å²) in [6.07, 6.45) is 0. The van der Waals surface area contributed by atoms with Gasteiger partial charge in [-0.1, -0.05) is 24.3 Å². The third-order valence-electron chi connectivity index (χ3n) is 1.86. The molecule has 0 saturated carbocycles. The van der Waals surface area contributed by atoms with Gasteiger partial charge in [0.05, 0.1) is 11.5 Å². The van der Waals surface area contributed by atoms with Crippen molar-refractivity contribution in [3.63, 3.8) is 0 Å². The van der Waals surface area contributed by atoms with Crippen molar-refractivity contribution in [1.82, 2.24) is 0 Å². The van der Waals surface area contributed by atoms with Crippen LogP contribution in [0.3, 0.4) is 0 Å². The van der Waals surface area contributed by atoms with Crippen molar-refractivity contribution in [3.8, 4) is 0 Å². The minimum absolute atomic E-state index is 0.184. The fourth-order valence-electron chi connectivity index (χ4n) is 1.05. The average molecular weight is 248 g/mol. The van der Waals surface area contributed by atoms with Gasteiger partial charge in [0.15, 0.2) is 15.4 Å². The van der Waals surface area contributed by atoms with Gasteiger partial charge in [-0.15, -0.1) is 0 Å². The maximum atomic E-state index is 12.5. The molecule has 0 amide bonds. The van der Waals surface area contributed by atoms with Crippen LogP contribution in [0.15, 0.2) is 33.5 Å². The fraction of sp³-hybridized carbons (Fsp3) is 0.222. The van der Waals surface area contributed by atoms with Gasteiger partial charge in [0, 0.05) is 7.05 Å². The van der Waals surface area contributed by atoms with E-state index in [1.54, 1.807) is 0 Å². The molecule has 0 aliphatic rings. The van der Waals surface area contributed by atoms with E-state index in [9.17, 15) is 17.4 Å². The summed E-state index contributed by atoms with van der Waals surface area (Å²) >= 11 is 0. The van der Waals surface area contributed by atoms with Crippen molar-refractivity contribution < 1.29 is 17.4 Å². The van der Waals surface area contributed by atoms with Crippen LogP contribution in [0.4, 0.5) is 18.9 Å². The lowest BCUT2D eigenvalue weighted by atomic mass is 10.3. The molecule has 1 unspecified atom stereocenters. The summed E-state index contributed by atoms with van der Waals surface area (Å²) in [6, 6.07) is 4.38. The molecule has 1 aromatic rings. The Bertz CT molecular complexity index is 533. The summed E-state index contributed by atoms with van der Waals surface area (Å²) in [6.45, 7) is 6.65. The minimum atomic E-state index is -4.92. The van der Waals surface area contributed by atoms with E-state index in [2.05, 4.69) is 9.21 Å². The lowest BCUT2D eigenvalue weighted by molar-refractivity contribution is -0.0403. The van der Waals surface area contributed by atoms with Crippen LogP contribution in [0.25, 0.3) is 4.85 Å². The lowest BCUT2D eigenvalue weighted by Gasteiger charge is -2.12. The Hall–Kier alpha value is -1.55. The Balaban J connectivity index is 3.39. The normalized spacial score (nSPS) is 14.9. The lowest BCUT2D eigenvalue weighted by Crippen LogP contribution is -2.22. The minimum Gasteiger partial charge on any atom is -0.238 e. The summed E-state index contributed by atoms with van der Waals surface area (Å²) in [4.78, 5) is 2.59. The molecule has 0 heterocycles. The van der Waals surface area contributed by atoms with Crippen LogP contribution < -0.4 is 0 Å². The second-order valence-electron chi connectivity index (χ2n) is 2.76. The van der Waals surface area contributed by atoms with Crippen LogP contribution in [0, 0.1) is 6.57 Å². The van der Waals surface area contributed by atoms with Gasteiger partial charge in [0.25, 0.3) is 0 Å². The Morgan fingerprint density at radius 3 is 2.12 bits per heavy atom. The zero-order valence-electron chi connectivity index (χ0n) is 8.15. The SMILES string of the molecule is [C-]#[N+]c1ccc(S(=O)(=NC)C(F)(F)F)cc1. The molecule has 0 aliphatic heterocycles. The van der Waals surface area contributed by atoms with Crippen LogP contribution in [0.1, 0.15) is 0 Å². The summed E-state index contributed by atoms with van der Waals surface area (Å²) in [5, 5.41) is 0. The Morgan fingerprint density at radius 2 is 1.81 bits per heavy atom. The third kappa shape index (κ3) is 2.02. The molecule has 0 aliphatic carbocycles. The van der Waals surface area contributed by atoms with Gasteiger partial charge in [0.1, 0.15) is 0 Å². The molecule has 1 atom stereocenters. The summed E-state index contributed by atoms with van der Waals surface area (Å²) in [7, 11) is -3.56. The molecule has 86 valence electrons. The highest BCUT2D eigenvalue weighted by molar-refractivity contribution is 7.94. The predicted molar refractivity (Wildman–Crippen MR) is 53.5 cm³/mol. The van der Waals surface area contributed by atoms with Crippen LogP contribution in [-0.2, 0) is 9.73 Å². The van der Waals surface area contributed by atoms with E-state index in [0.29, 0.717) is 0 Å². The first kappa shape index (κ1) is 12.5. The molecule has 0 bridgehead atoms. The first-order chi connectivity index (χ1) is 7.35. The van der Waals surface area contributed by atoms with E-state index >= 15 is 0 Å². The average Bonchev–Trinajstić information content (AvgIpc) is 2.26. The van der Waals surface area contributed by atoms with E-state index in [1.807, 2.05) is 0 Å². The third-order valence-corrected chi connectivity index (χ3v) is 3.91. The molecular weight excluding hydrogens is 241 g/mol. The van der Waals surface area contributed by atoms with E-state index in [-0.39, 0.29) is 5.69 Å². The smallest absolute Gasteiger partial charge is 0.238 e. The zero-order valence-corrected chi connectivity index (χ0v) is 8.97. The number of hydrogen-bond donors (Lipinski definition) is 0. The Kier molecular flexibility index (Phi) is 3.24. The monoisotopic (exact) mass is 248 g/mol. The second kappa shape index (κ2) is 4.14. The summed E-state index contributed by atoms with van der Waals surface area (Å²) in [5.41, 5.74) is -4.73. The highest BCUT2D eigenvalue weighted by Crippen LogP contribution is 2.33. The molecule has 16 heavy (non-hydrogen) atoms. The van der Waals surface area contributed by atoms with Gasteiger partial charge in [-0.3, -0.25) is 0 Å². The number of benzene rings is 1. The van der Waals surface area contributed by atoms with Crippen LogP contribution in [0.2, 0.25) is 0 Å². The summed E-state index contributed by atoms with van der Waals surface area (Å²) < 4.78 is 52.2. The largest absolute Gasteiger partial charge is 0.483 e. The van der Waals surface area contributed by atoms with Crippen molar-refractivity contribution >= 4 is 15.4 Å². The molecule has 0 radical (unpaired) electrons. The maximum absolute atomic E-state index is 12.5.